The lowest BCUT2D eigenvalue weighted by Gasteiger charge is -2.27. The third-order valence-corrected chi connectivity index (χ3v) is 3.96. The highest BCUT2D eigenvalue weighted by Gasteiger charge is 2.23. The predicted molar refractivity (Wildman–Crippen MR) is 87.2 cm³/mol. The smallest absolute Gasteiger partial charge is 0.315 e. The van der Waals surface area contributed by atoms with Gasteiger partial charge in [-0.25, -0.2) is 0 Å². The van der Waals surface area contributed by atoms with E-state index < -0.39 is 0 Å². The lowest BCUT2D eigenvalue weighted by Crippen LogP contribution is -2.27. The Kier molecular flexibility index (Phi) is 5.84. The summed E-state index contributed by atoms with van der Waals surface area (Å²) in [5.74, 6) is 0. The van der Waals surface area contributed by atoms with Crippen molar-refractivity contribution in [2.24, 2.45) is 0 Å². The molecule has 1 aliphatic rings. The van der Waals surface area contributed by atoms with Gasteiger partial charge >= 0.3 is 5.69 Å². The molecule has 1 aliphatic heterocycles. The Morgan fingerprint density at radius 3 is 2.48 bits per heavy atom. The normalized spacial score (nSPS) is 16.1. The van der Waals surface area contributed by atoms with Gasteiger partial charge in [0.25, 0.3) is 0 Å². The average molecular weight is 291 g/mol. The molecule has 5 heteroatoms. The number of nitro groups is 1. The summed E-state index contributed by atoms with van der Waals surface area (Å²) in [6.45, 7) is 4.64. The molecule has 116 valence electrons. The average Bonchev–Trinajstić information content (AvgIpc) is 2.44. The monoisotopic (exact) mass is 291 g/mol. The summed E-state index contributed by atoms with van der Waals surface area (Å²) in [5, 5.41) is 14.7. The van der Waals surface area contributed by atoms with Crippen LogP contribution in [0, 0.1) is 10.1 Å². The fourth-order valence-corrected chi connectivity index (χ4v) is 2.87. The van der Waals surface area contributed by atoms with E-state index in [1.54, 1.807) is 6.07 Å². The van der Waals surface area contributed by atoms with Crippen molar-refractivity contribution in [3.63, 3.8) is 0 Å². The third kappa shape index (κ3) is 4.09. The molecule has 0 aromatic heterocycles. The molecule has 1 aromatic carbocycles. The van der Waals surface area contributed by atoms with Crippen LogP contribution in [0.15, 0.2) is 18.2 Å². The van der Waals surface area contributed by atoms with Crippen molar-refractivity contribution in [2.75, 3.05) is 29.9 Å². The van der Waals surface area contributed by atoms with Crippen LogP contribution < -0.4 is 10.2 Å². The van der Waals surface area contributed by atoms with Crippen LogP contribution in [0.1, 0.15) is 45.4 Å². The highest BCUT2D eigenvalue weighted by molar-refractivity contribution is 5.77. The Morgan fingerprint density at radius 1 is 1.19 bits per heavy atom. The molecule has 0 radical (unpaired) electrons. The fourth-order valence-electron chi connectivity index (χ4n) is 2.87. The SMILES string of the molecule is CCCNc1cccc(N2CCCCCCC2)c1[N+](=O)[O-]. The summed E-state index contributed by atoms with van der Waals surface area (Å²) >= 11 is 0. The highest BCUT2D eigenvalue weighted by atomic mass is 16.6. The van der Waals surface area contributed by atoms with Crippen molar-refractivity contribution in [1.82, 2.24) is 0 Å². The zero-order valence-electron chi connectivity index (χ0n) is 12.8. The molecule has 1 heterocycles. The number of nitrogens with zero attached hydrogens (tertiary/aromatic N) is 2. The van der Waals surface area contributed by atoms with E-state index in [9.17, 15) is 10.1 Å². The number of hydrogen-bond acceptors (Lipinski definition) is 4. The van der Waals surface area contributed by atoms with Crippen molar-refractivity contribution >= 4 is 17.1 Å². The second kappa shape index (κ2) is 7.86. The zero-order valence-corrected chi connectivity index (χ0v) is 12.8. The second-order valence-electron chi connectivity index (χ2n) is 5.61. The van der Waals surface area contributed by atoms with Gasteiger partial charge in [-0.15, -0.1) is 0 Å². The molecule has 0 saturated carbocycles. The van der Waals surface area contributed by atoms with Crippen molar-refractivity contribution in [1.29, 1.82) is 0 Å². The quantitative estimate of drug-likeness (QED) is 0.653. The van der Waals surface area contributed by atoms with Crippen LogP contribution in [0.2, 0.25) is 0 Å². The minimum Gasteiger partial charge on any atom is -0.379 e. The topological polar surface area (TPSA) is 58.4 Å². The minimum atomic E-state index is -0.244. The van der Waals surface area contributed by atoms with Gasteiger partial charge in [-0.1, -0.05) is 32.3 Å². The van der Waals surface area contributed by atoms with Gasteiger partial charge in [0, 0.05) is 19.6 Å². The van der Waals surface area contributed by atoms with Gasteiger partial charge in [-0.2, -0.15) is 0 Å². The van der Waals surface area contributed by atoms with E-state index in [1.807, 2.05) is 12.1 Å². The molecule has 0 atom stereocenters. The first-order valence-corrected chi connectivity index (χ1v) is 8.00. The summed E-state index contributed by atoms with van der Waals surface area (Å²) in [7, 11) is 0. The third-order valence-electron chi connectivity index (χ3n) is 3.96. The van der Waals surface area contributed by atoms with Crippen molar-refractivity contribution in [3.8, 4) is 0 Å². The van der Waals surface area contributed by atoms with Crippen LogP contribution >= 0.6 is 0 Å². The molecule has 0 aliphatic carbocycles. The second-order valence-corrected chi connectivity index (χ2v) is 5.61. The maximum Gasteiger partial charge on any atom is 0.315 e. The van der Waals surface area contributed by atoms with E-state index in [-0.39, 0.29) is 10.6 Å². The number of rotatable bonds is 5. The molecule has 0 spiro atoms. The van der Waals surface area contributed by atoms with Gasteiger partial charge in [0.2, 0.25) is 0 Å². The van der Waals surface area contributed by atoms with E-state index in [0.717, 1.165) is 44.6 Å². The number of benzene rings is 1. The van der Waals surface area contributed by atoms with Gasteiger partial charge in [0.1, 0.15) is 11.4 Å². The summed E-state index contributed by atoms with van der Waals surface area (Å²) in [6, 6.07) is 5.61. The molecule has 1 aromatic rings. The van der Waals surface area contributed by atoms with E-state index in [0.29, 0.717) is 5.69 Å². The Hall–Kier alpha value is -1.78. The van der Waals surface area contributed by atoms with Crippen LogP contribution in [0.3, 0.4) is 0 Å². The minimum absolute atomic E-state index is 0.228. The van der Waals surface area contributed by atoms with Crippen LogP contribution in [0.5, 0.6) is 0 Å². The van der Waals surface area contributed by atoms with Crippen LogP contribution in [-0.2, 0) is 0 Å². The summed E-state index contributed by atoms with van der Waals surface area (Å²) in [6.07, 6.45) is 6.91. The number of anilines is 2. The molecule has 2 rings (SSSR count). The molecule has 1 fully saturated rings. The van der Waals surface area contributed by atoms with E-state index in [2.05, 4.69) is 17.1 Å². The molecular formula is C16H25N3O2. The molecule has 5 nitrogen and oxygen atoms in total. The number of hydrogen-bond donors (Lipinski definition) is 1. The van der Waals surface area contributed by atoms with Crippen LogP contribution in [0.4, 0.5) is 17.1 Å². The standard InChI is InChI=1S/C16H25N3O2/c1-2-11-17-14-9-8-10-15(16(14)19(20)21)18-12-6-4-3-5-7-13-18/h8-10,17H,2-7,11-13H2,1H3. The molecule has 0 unspecified atom stereocenters. The molecular weight excluding hydrogens is 266 g/mol. The fraction of sp³-hybridized carbons (Fsp3) is 0.625. The lowest BCUT2D eigenvalue weighted by atomic mass is 10.1. The highest BCUT2D eigenvalue weighted by Crippen LogP contribution is 2.36. The Labute approximate surface area is 126 Å². The number of para-hydroxylation sites is 1. The summed E-state index contributed by atoms with van der Waals surface area (Å²) in [4.78, 5) is 13.5. The molecule has 0 bridgehead atoms. The van der Waals surface area contributed by atoms with Gasteiger partial charge in [-0.05, 0) is 31.4 Å². The first kappa shape index (κ1) is 15.6. The van der Waals surface area contributed by atoms with Crippen molar-refractivity contribution in [3.05, 3.63) is 28.3 Å². The largest absolute Gasteiger partial charge is 0.379 e. The number of nitrogens with one attached hydrogen (secondary N) is 1. The maximum atomic E-state index is 11.5. The van der Waals surface area contributed by atoms with E-state index >= 15 is 0 Å². The van der Waals surface area contributed by atoms with Crippen molar-refractivity contribution < 1.29 is 4.92 Å². The predicted octanol–water partition coefficient (Wildman–Crippen LogP) is 4.19. The van der Waals surface area contributed by atoms with Crippen molar-refractivity contribution in [2.45, 2.75) is 45.4 Å². The Balaban J connectivity index is 2.29. The lowest BCUT2D eigenvalue weighted by molar-refractivity contribution is -0.383. The number of nitro benzene ring substituents is 1. The van der Waals surface area contributed by atoms with E-state index in [4.69, 9.17) is 0 Å². The van der Waals surface area contributed by atoms with Gasteiger partial charge in [0.15, 0.2) is 0 Å². The van der Waals surface area contributed by atoms with Crippen LogP contribution in [-0.4, -0.2) is 24.6 Å². The molecule has 21 heavy (non-hydrogen) atoms. The Morgan fingerprint density at radius 2 is 1.86 bits per heavy atom. The zero-order chi connectivity index (χ0) is 15.1. The first-order valence-electron chi connectivity index (χ1n) is 8.00. The maximum absolute atomic E-state index is 11.5. The van der Waals surface area contributed by atoms with Gasteiger partial charge in [0.05, 0.1) is 4.92 Å². The van der Waals surface area contributed by atoms with Crippen LogP contribution in [0.25, 0.3) is 0 Å². The van der Waals surface area contributed by atoms with Gasteiger partial charge < -0.3 is 10.2 Å². The molecule has 1 saturated heterocycles. The molecule has 0 amide bonds. The van der Waals surface area contributed by atoms with Gasteiger partial charge in [-0.3, -0.25) is 10.1 Å². The first-order chi connectivity index (χ1) is 10.2. The molecule has 1 N–H and O–H groups in total. The Bertz CT molecular complexity index is 469. The van der Waals surface area contributed by atoms with E-state index in [1.165, 1.54) is 19.3 Å². The summed E-state index contributed by atoms with van der Waals surface area (Å²) < 4.78 is 0. The summed E-state index contributed by atoms with van der Waals surface area (Å²) in [5.41, 5.74) is 1.64.